The minimum Gasteiger partial charge on any atom is -0.393 e. The predicted octanol–water partition coefficient (Wildman–Crippen LogP) is 3.22. The molecule has 1 N–H and O–H groups in total. The molecule has 0 aliphatic carbocycles. The Kier molecular flexibility index (Phi) is 4.30. The maximum Gasteiger partial charge on any atom is 0.0552 e. The summed E-state index contributed by atoms with van der Waals surface area (Å²) in [5.74, 6) is 3.34. The Bertz CT molecular complexity index is 329. The summed E-state index contributed by atoms with van der Waals surface area (Å²) in [5.41, 5.74) is 2.74. The SMILES string of the molecule is CC(O)Cc1cccc(C2CCSCC2)c1. The standard InChI is InChI=1S/C14H20OS/c1-11(15)9-12-3-2-4-14(10-12)13-5-7-16-8-6-13/h2-4,10-11,13,15H,5-9H2,1H3. The van der Waals surface area contributed by atoms with Crippen molar-refractivity contribution < 1.29 is 5.11 Å². The first kappa shape index (κ1) is 12.0. The molecule has 1 nitrogen and oxygen atoms in total. The molecule has 1 fully saturated rings. The second-order valence-corrected chi connectivity index (χ2v) is 5.91. The highest BCUT2D eigenvalue weighted by atomic mass is 32.2. The van der Waals surface area contributed by atoms with Crippen LogP contribution >= 0.6 is 11.8 Å². The van der Waals surface area contributed by atoms with E-state index >= 15 is 0 Å². The topological polar surface area (TPSA) is 20.2 Å². The van der Waals surface area contributed by atoms with Crippen molar-refractivity contribution in [3.05, 3.63) is 35.4 Å². The summed E-state index contributed by atoms with van der Waals surface area (Å²) < 4.78 is 0. The molecule has 0 spiro atoms. The molecule has 1 aliphatic heterocycles. The van der Waals surface area contributed by atoms with Crippen LogP contribution in [-0.2, 0) is 6.42 Å². The monoisotopic (exact) mass is 236 g/mol. The summed E-state index contributed by atoms with van der Waals surface area (Å²) in [6.07, 6.45) is 3.15. The lowest BCUT2D eigenvalue weighted by Crippen LogP contribution is -2.09. The third kappa shape index (κ3) is 3.26. The van der Waals surface area contributed by atoms with Gasteiger partial charge in [0.25, 0.3) is 0 Å². The summed E-state index contributed by atoms with van der Waals surface area (Å²) in [7, 11) is 0. The van der Waals surface area contributed by atoms with E-state index in [9.17, 15) is 5.11 Å². The van der Waals surface area contributed by atoms with E-state index in [1.165, 1.54) is 35.5 Å². The number of hydrogen-bond acceptors (Lipinski definition) is 2. The highest BCUT2D eigenvalue weighted by molar-refractivity contribution is 7.99. The van der Waals surface area contributed by atoms with Gasteiger partial charge in [-0.15, -0.1) is 0 Å². The quantitative estimate of drug-likeness (QED) is 0.869. The Labute approximate surface area is 102 Å². The van der Waals surface area contributed by atoms with Crippen LogP contribution in [0.2, 0.25) is 0 Å². The number of rotatable bonds is 3. The van der Waals surface area contributed by atoms with Gasteiger partial charge in [0.05, 0.1) is 6.10 Å². The average Bonchev–Trinajstić information content (AvgIpc) is 2.30. The van der Waals surface area contributed by atoms with E-state index in [0.29, 0.717) is 0 Å². The van der Waals surface area contributed by atoms with Gasteiger partial charge in [0.2, 0.25) is 0 Å². The van der Waals surface area contributed by atoms with E-state index < -0.39 is 0 Å². The zero-order valence-corrected chi connectivity index (χ0v) is 10.7. The summed E-state index contributed by atoms with van der Waals surface area (Å²) >= 11 is 2.07. The van der Waals surface area contributed by atoms with Gasteiger partial charge < -0.3 is 5.11 Å². The Morgan fingerprint density at radius 1 is 1.38 bits per heavy atom. The van der Waals surface area contributed by atoms with Crippen molar-refractivity contribution in [2.45, 2.75) is 38.2 Å². The molecule has 1 aliphatic rings. The zero-order chi connectivity index (χ0) is 11.4. The lowest BCUT2D eigenvalue weighted by atomic mass is 9.91. The Morgan fingerprint density at radius 3 is 2.81 bits per heavy atom. The van der Waals surface area contributed by atoms with Gasteiger partial charge >= 0.3 is 0 Å². The van der Waals surface area contributed by atoms with Crippen LogP contribution < -0.4 is 0 Å². The molecule has 0 radical (unpaired) electrons. The molecular weight excluding hydrogens is 216 g/mol. The molecule has 0 bridgehead atoms. The minimum atomic E-state index is -0.239. The van der Waals surface area contributed by atoms with Gasteiger partial charge in [-0.25, -0.2) is 0 Å². The maximum atomic E-state index is 9.40. The first-order valence-corrected chi connectivity index (χ1v) is 7.26. The second-order valence-electron chi connectivity index (χ2n) is 4.68. The van der Waals surface area contributed by atoms with Gasteiger partial charge in [0.15, 0.2) is 0 Å². The molecule has 1 aromatic rings. The summed E-state index contributed by atoms with van der Waals surface area (Å²) in [6.45, 7) is 1.85. The molecule has 0 amide bonds. The van der Waals surface area contributed by atoms with E-state index in [1.807, 2.05) is 6.92 Å². The van der Waals surface area contributed by atoms with Crippen LogP contribution in [0.1, 0.15) is 36.8 Å². The molecule has 1 saturated heterocycles. The number of aliphatic hydroxyl groups is 1. The molecule has 1 aromatic carbocycles. The highest BCUT2D eigenvalue weighted by Gasteiger charge is 2.15. The van der Waals surface area contributed by atoms with Gasteiger partial charge in [-0.1, -0.05) is 24.3 Å². The van der Waals surface area contributed by atoms with E-state index in [0.717, 1.165) is 12.3 Å². The molecule has 2 rings (SSSR count). The van der Waals surface area contributed by atoms with E-state index in [4.69, 9.17) is 0 Å². The van der Waals surface area contributed by atoms with Crippen LogP contribution in [0.25, 0.3) is 0 Å². The lowest BCUT2D eigenvalue weighted by Gasteiger charge is -2.22. The van der Waals surface area contributed by atoms with E-state index in [1.54, 1.807) is 0 Å². The Morgan fingerprint density at radius 2 is 2.12 bits per heavy atom. The van der Waals surface area contributed by atoms with Gasteiger partial charge in [-0.3, -0.25) is 0 Å². The predicted molar refractivity (Wildman–Crippen MR) is 71.1 cm³/mol. The molecule has 0 saturated carbocycles. The zero-order valence-electron chi connectivity index (χ0n) is 9.86. The fourth-order valence-electron chi connectivity index (χ4n) is 2.35. The van der Waals surface area contributed by atoms with Crippen LogP contribution in [0.4, 0.5) is 0 Å². The molecule has 1 atom stereocenters. The van der Waals surface area contributed by atoms with Crippen LogP contribution in [0.5, 0.6) is 0 Å². The highest BCUT2D eigenvalue weighted by Crippen LogP contribution is 2.31. The summed E-state index contributed by atoms with van der Waals surface area (Å²) in [5, 5.41) is 9.40. The van der Waals surface area contributed by atoms with Crippen molar-refractivity contribution in [1.29, 1.82) is 0 Å². The molecule has 1 unspecified atom stereocenters. The molecule has 16 heavy (non-hydrogen) atoms. The van der Waals surface area contributed by atoms with E-state index in [2.05, 4.69) is 36.0 Å². The van der Waals surface area contributed by atoms with Crippen LogP contribution in [0.15, 0.2) is 24.3 Å². The van der Waals surface area contributed by atoms with Crippen molar-refractivity contribution in [3.63, 3.8) is 0 Å². The van der Waals surface area contributed by atoms with Crippen LogP contribution in [0.3, 0.4) is 0 Å². The Hall–Kier alpha value is -0.470. The maximum absolute atomic E-state index is 9.40. The molecular formula is C14H20OS. The van der Waals surface area contributed by atoms with Crippen molar-refractivity contribution in [3.8, 4) is 0 Å². The minimum absolute atomic E-state index is 0.239. The summed E-state index contributed by atoms with van der Waals surface area (Å²) in [4.78, 5) is 0. The lowest BCUT2D eigenvalue weighted by molar-refractivity contribution is 0.195. The smallest absolute Gasteiger partial charge is 0.0552 e. The third-order valence-corrected chi connectivity index (χ3v) is 4.22. The number of benzene rings is 1. The van der Waals surface area contributed by atoms with Crippen molar-refractivity contribution >= 4 is 11.8 Å². The third-order valence-electron chi connectivity index (χ3n) is 3.17. The molecule has 0 aromatic heterocycles. The average molecular weight is 236 g/mol. The molecule has 88 valence electrons. The second kappa shape index (κ2) is 5.74. The van der Waals surface area contributed by atoms with E-state index in [-0.39, 0.29) is 6.10 Å². The Balaban J connectivity index is 2.08. The van der Waals surface area contributed by atoms with Gasteiger partial charge in [0.1, 0.15) is 0 Å². The number of aliphatic hydroxyl groups excluding tert-OH is 1. The summed E-state index contributed by atoms with van der Waals surface area (Å²) in [6, 6.07) is 8.78. The largest absolute Gasteiger partial charge is 0.393 e. The first-order chi connectivity index (χ1) is 7.75. The fraction of sp³-hybridized carbons (Fsp3) is 0.571. The van der Waals surface area contributed by atoms with Crippen molar-refractivity contribution in [1.82, 2.24) is 0 Å². The van der Waals surface area contributed by atoms with Crippen LogP contribution in [0, 0.1) is 0 Å². The number of hydrogen-bond donors (Lipinski definition) is 1. The fourth-order valence-corrected chi connectivity index (χ4v) is 3.45. The molecule has 1 heterocycles. The van der Waals surface area contributed by atoms with Gasteiger partial charge in [-0.05, 0) is 54.7 Å². The first-order valence-electron chi connectivity index (χ1n) is 6.10. The van der Waals surface area contributed by atoms with Crippen molar-refractivity contribution in [2.75, 3.05) is 11.5 Å². The normalized spacial score (nSPS) is 19.6. The van der Waals surface area contributed by atoms with Gasteiger partial charge in [0, 0.05) is 0 Å². The van der Waals surface area contributed by atoms with Gasteiger partial charge in [-0.2, -0.15) is 11.8 Å². The molecule has 2 heteroatoms. The number of thioether (sulfide) groups is 1. The van der Waals surface area contributed by atoms with Crippen molar-refractivity contribution in [2.24, 2.45) is 0 Å². The van der Waals surface area contributed by atoms with Crippen LogP contribution in [-0.4, -0.2) is 22.7 Å².